The second-order valence-electron chi connectivity index (χ2n) is 11.5. The Morgan fingerprint density at radius 2 is 1.55 bits per heavy atom. The minimum absolute atomic E-state index is 0.0299. The number of hydrogen-bond acceptors (Lipinski definition) is 7. The van der Waals surface area contributed by atoms with E-state index in [-0.39, 0.29) is 49.4 Å². The Morgan fingerprint density at radius 1 is 0.857 bits per heavy atom. The SMILES string of the molecule is CCOC(=O)C[C@@H](NC(=O)C1CC1)NC(=O)[C@@H]1CCCN(C(=O)CCC2CCN(C(=O)OCc3ccccc3)CC2)C1. The minimum Gasteiger partial charge on any atom is -0.466 e. The van der Waals surface area contributed by atoms with Crippen LogP contribution in [0.15, 0.2) is 30.3 Å². The van der Waals surface area contributed by atoms with Crippen LogP contribution in [0.5, 0.6) is 0 Å². The molecule has 0 bridgehead atoms. The van der Waals surface area contributed by atoms with Crippen molar-refractivity contribution in [3.63, 3.8) is 0 Å². The van der Waals surface area contributed by atoms with Crippen LogP contribution < -0.4 is 10.6 Å². The summed E-state index contributed by atoms with van der Waals surface area (Å²) in [4.78, 5) is 66.4. The van der Waals surface area contributed by atoms with Crippen LogP contribution in [-0.4, -0.2) is 78.5 Å². The number of amides is 4. The summed E-state index contributed by atoms with van der Waals surface area (Å²) in [7, 11) is 0. The highest BCUT2D eigenvalue weighted by Crippen LogP contribution is 2.29. The lowest BCUT2D eigenvalue weighted by atomic mass is 9.91. The number of hydrogen-bond donors (Lipinski definition) is 2. The third-order valence-corrected chi connectivity index (χ3v) is 8.25. The van der Waals surface area contributed by atoms with Gasteiger partial charge in [0.05, 0.1) is 18.9 Å². The molecule has 1 saturated carbocycles. The van der Waals surface area contributed by atoms with Gasteiger partial charge in [-0.25, -0.2) is 4.79 Å². The molecule has 2 atom stereocenters. The van der Waals surface area contributed by atoms with Gasteiger partial charge in [0.2, 0.25) is 17.7 Å². The molecule has 230 valence electrons. The number of nitrogens with one attached hydrogen (secondary N) is 2. The first-order valence-electron chi connectivity index (χ1n) is 15.3. The zero-order valence-electron chi connectivity index (χ0n) is 24.6. The van der Waals surface area contributed by atoms with Crippen molar-refractivity contribution in [2.45, 2.75) is 77.5 Å². The van der Waals surface area contributed by atoms with Crippen molar-refractivity contribution in [2.24, 2.45) is 17.8 Å². The van der Waals surface area contributed by atoms with Gasteiger partial charge in [-0.3, -0.25) is 19.2 Å². The van der Waals surface area contributed by atoms with E-state index in [1.165, 1.54) is 0 Å². The van der Waals surface area contributed by atoms with E-state index in [0.717, 1.165) is 37.7 Å². The van der Waals surface area contributed by atoms with Crippen LogP contribution in [0.3, 0.4) is 0 Å². The van der Waals surface area contributed by atoms with Gasteiger partial charge in [0.15, 0.2) is 0 Å². The molecule has 1 aromatic carbocycles. The van der Waals surface area contributed by atoms with E-state index in [4.69, 9.17) is 9.47 Å². The molecule has 4 rings (SSSR count). The topological polar surface area (TPSA) is 134 Å². The largest absolute Gasteiger partial charge is 0.466 e. The average Bonchev–Trinajstić information content (AvgIpc) is 3.85. The average molecular weight is 585 g/mol. The molecule has 3 aliphatic rings. The van der Waals surface area contributed by atoms with Crippen LogP contribution >= 0.6 is 0 Å². The third kappa shape index (κ3) is 9.73. The second kappa shape index (κ2) is 15.6. The second-order valence-corrected chi connectivity index (χ2v) is 11.5. The van der Waals surface area contributed by atoms with Gasteiger partial charge in [0.1, 0.15) is 12.8 Å². The zero-order chi connectivity index (χ0) is 29.9. The highest BCUT2D eigenvalue weighted by molar-refractivity contribution is 5.85. The Morgan fingerprint density at radius 3 is 2.21 bits per heavy atom. The summed E-state index contributed by atoms with van der Waals surface area (Å²) in [5.41, 5.74) is 0.952. The summed E-state index contributed by atoms with van der Waals surface area (Å²) in [6.45, 7) is 4.33. The summed E-state index contributed by atoms with van der Waals surface area (Å²) in [6, 6.07) is 9.59. The summed E-state index contributed by atoms with van der Waals surface area (Å²) in [6.07, 6.45) is 4.49. The van der Waals surface area contributed by atoms with Crippen molar-refractivity contribution >= 4 is 29.8 Å². The fourth-order valence-electron chi connectivity index (χ4n) is 5.57. The highest BCUT2D eigenvalue weighted by Gasteiger charge is 2.34. The lowest BCUT2D eigenvalue weighted by molar-refractivity contribution is -0.144. The summed E-state index contributed by atoms with van der Waals surface area (Å²) < 4.78 is 10.5. The molecule has 42 heavy (non-hydrogen) atoms. The number of piperidine rings is 2. The minimum atomic E-state index is -0.836. The number of rotatable bonds is 12. The molecule has 1 aromatic rings. The van der Waals surface area contributed by atoms with E-state index < -0.39 is 18.1 Å². The number of benzene rings is 1. The van der Waals surface area contributed by atoms with E-state index in [0.29, 0.717) is 51.4 Å². The summed E-state index contributed by atoms with van der Waals surface area (Å²) in [5, 5.41) is 5.58. The van der Waals surface area contributed by atoms with Crippen molar-refractivity contribution in [1.29, 1.82) is 0 Å². The number of likely N-dealkylation sites (tertiary alicyclic amines) is 2. The Bertz CT molecular complexity index is 1090. The molecule has 2 aliphatic heterocycles. The Hall–Kier alpha value is -3.63. The molecule has 4 amide bonds. The van der Waals surface area contributed by atoms with Crippen molar-refractivity contribution in [1.82, 2.24) is 20.4 Å². The van der Waals surface area contributed by atoms with Gasteiger partial charge < -0.3 is 29.9 Å². The molecule has 11 heteroatoms. The number of nitrogens with zero attached hydrogens (tertiary/aromatic N) is 2. The number of esters is 1. The summed E-state index contributed by atoms with van der Waals surface area (Å²) in [5.74, 6) is -1.01. The molecule has 0 radical (unpaired) electrons. The molecule has 1 aliphatic carbocycles. The van der Waals surface area contributed by atoms with Crippen LogP contribution in [-0.2, 0) is 35.3 Å². The predicted molar refractivity (Wildman–Crippen MR) is 154 cm³/mol. The van der Waals surface area contributed by atoms with E-state index in [1.807, 2.05) is 30.3 Å². The quantitative estimate of drug-likeness (QED) is 0.285. The van der Waals surface area contributed by atoms with Crippen LogP contribution in [0.2, 0.25) is 0 Å². The molecule has 11 nitrogen and oxygen atoms in total. The van der Waals surface area contributed by atoms with Gasteiger partial charge in [-0.15, -0.1) is 0 Å². The van der Waals surface area contributed by atoms with Crippen LogP contribution in [0.25, 0.3) is 0 Å². The maximum absolute atomic E-state index is 13.1. The fourth-order valence-corrected chi connectivity index (χ4v) is 5.57. The van der Waals surface area contributed by atoms with E-state index in [1.54, 1.807) is 16.7 Å². The van der Waals surface area contributed by atoms with Gasteiger partial charge in [-0.2, -0.15) is 0 Å². The lowest BCUT2D eigenvalue weighted by Gasteiger charge is -2.34. The van der Waals surface area contributed by atoms with Gasteiger partial charge >= 0.3 is 12.1 Å². The molecule has 2 saturated heterocycles. The third-order valence-electron chi connectivity index (χ3n) is 8.25. The van der Waals surface area contributed by atoms with Gasteiger partial charge in [0, 0.05) is 38.5 Å². The first kappa shape index (κ1) is 31.3. The highest BCUT2D eigenvalue weighted by atomic mass is 16.6. The maximum Gasteiger partial charge on any atom is 0.410 e. The standard InChI is InChI=1S/C31H44N4O7/c1-2-41-28(37)19-26(32-29(38)24-11-12-24)33-30(39)25-9-6-16-35(20-25)27(36)13-10-22-14-17-34(18-15-22)31(40)42-21-23-7-4-3-5-8-23/h3-5,7-8,22,24-26H,2,6,9-21H2,1H3,(H,32,38)(H,33,39)/t25-,26+/m1/s1. The van der Waals surface area contributed by atoms with Crippen molar-refractivity contribution in [3.05, 3.63) is 35.9 Å². The Labute approximate surface area is 247 Å². The van der Waals surface area contributed by atoms with Gasteiger partial charge in [0.25, 0.3) is 0 Å². The Kier molecular flexibility index (Phi) is 11.6. The fraction of sp³-hybridized carbons (Fsp3) is 0.645. The van der Waals surface area contributed by atoms with Crippen molar-refractivity contribution in [3.8, 4) is 0 Å². The van der Waals surface area contributed by atoms with Gasteiger partial charge in [-0.1, -0.05) is 30.3 Å². The van der Waals surface area contributed by atoms with E-state index in [2.05, 4.69) is 10.6 Å². The van der Waals surface area contributed by atoms with E-state index >= 15 is 0 Å². The van der Waals surface area contributed by atoms with Crippen LogP contribution in [0.1, 0.15) is 70.3 Å². The molecule has 3 fully saturated rings. The van der Waals surface area contributed by atoms with Gasteiger partial charge in [-0.05, 0) is 63.4 Å². The first-order chi connectivity index (χ1) is 20.3. The molecular weight excluding hydrogens is 540 g/mol. The van der Waals surface area contributed by atoms with E-state index in [9.17, 15) is 24.0 Å². The number of ether oxygens (including phenoxy) is 2. The smallest absolute Gasteiger partial charge is 0.410 e. The molecule has 0 spiro atoms. The van der Waals surface area contributed by atoms with Crippen LogP contribution in [0, 0.1) is 17.8 Å². The molecule has 0 unspecified atom stereocenters. The molecule has 2 N–H and O–H groups in total. The molecule has 2 heterocycles. The molecular formula is C31H44N4O7. The van der Waals surface area contributed by atoms with Crippen LogP contribution in [0.4, 0.5) is 4.79 Å². The molecule has 0 aromatic heterocycles. The first-order valence-corrected chi connectivity index (χ1v) is 15.3. The van der Waals surface area contributed by atoms with Crippen molar-refractivity contribution < 1.29 is 33.4 Å². The number of carbonyl (C=O) groups excluding carboxylic acids is 5. The normalized spacial score (nSPS) is 19.9. The maximum atomic E-state index is 13.1. The summed E-state index contributed by atoms with van der Waals surface area (Å²) >= 11 is 0. The lowest BCUT2D eigenvalue weighted by Crippen LogP contribution is -2.53. The monoisotopic (exact) mass is 584 g/mol. The predicted octanol–water partition coefficient (Wildman–Crippen LogP) is 2.98. The van der Waals surface area contributed by atoms with Crippen molar-refractivity contribution in [2.75, 3.05) is 32.8 Å². The Balaban J connectivity index is 1.17. The number of carbonyl (C=O) groups is 5. The zero-order valence-corrected chi connectivity index (χ0v) is 24.6.